The maximum Gasteiger partial charge on any atom is 0.240 e. The number of halogens is 2. The van der Waals surface area contributed by atoms with Gasteiger partial charge in [0.15, 0.2) is 11.6 Å². The molecule has 0 radical (unpaired) electrons. The lowest BCUT2D eigenvalue weighted by molar-refractivity contribution is -0.122. The molecule has 142 valence electrons. The van der Waals surface area contributed by atoms with Gasteiger partial charge in [0.05, 0.1) is 13.2 Å². The standard InChI is InChI=1S/C17H21F2N3O4/c18-13-5-11(8-23)15(6-14(13)19)20-12-1-3-22(4-2-12)7-16(24)21-17-9-25-10-26-17/h5-6,9,12,20,23H,1-4,7-8,10H2,(H,21,24). The number of ether oxygens (including phenoxy) is 2. The molecule has 3 rings (SSSR count). The first-order chi connectivity index (χ1) is 12.5. The summed E-state index contributed by atoms with van der Waals surface area (Å²) in [5.74, 6) is -1.81. The van der Waals surface area contributed by atoms with Gasteiger partial charge in [-0.2, -0.15) is 0 Å². The Morgan fingerprint density at radius 1 is 1.27 bits per heavy atom. The Morgan fingerprint density at radius 2 is 2.00 bits per heavy atom. The predicted octanol–water partition coefficient (Wildman–Crippen LogP) is 1.25. The van der Waals surface area contributed by atoms with Gasteiger partial charge in [-0.3, -0.25) is 15.0 Å². The van der Waals surface area contributed by atoms with Gasteiger partial charge in [0.2, 0.25) is 18.6 Å². The number of nitrogens with zero attached hydrogens (tertiary/aromatic N) is 1. The van der Waals surface area contributed by atoms with E-state index in [9.17, 15) is 18.7 Å². The van der Waals surface area contributed by atoms with Crippen LogP contribution >= 0.6 is 0 Å². The van der Waals surface area contributed by atoms with Gasteiger partial charge in [-0.05, 0) is 18.9 Å². The monoisotopic (exact) mass is 369 g/mol. The molecule has 1 aromatic rings. The van der Waals surface area contributed by atoms with Gasteiger partial charge < -0.3 is 19.9 Å². The molecule has 0 saturated carbocycles. The Kier molecular flexibility index (Phi) is 5.89. The van der Waals surface area contributed by atoms with Crippen molar-refractivity contribution in [3.8, 4) is 0 Å². The molecule has 0 unspecified atom stereocenters. The Morgan fingerprint density at radius 3 is 2.65 bits per heavy atom. The molecule has 0 atom stereocenters. The number of rotatable bonds is 6. The number of hydrogen-bond donors (Lipinski definition) is 3. The molecule has 0 bridgehead atoms. The highest BCUT2D eigenvalue weighted by Crippen LogP contribution is 2.23. The maximum atomic E-state index is 13.4. The highest BCUT2D eigenvalue weighted by Gasteiger charge is 2.22. The Balaban J connectivity index is 1.48. The van der Waals surface area contributed by atoms with Crippen molar-refractivity contribution >= 4 is 11.6 Å². The number of nitrogens with one attached hydrogen (secondary N) is 2. The third-order valence-electron chi connectivity index (χ3n) is 4.37. The summed E-state index contributed by atoms with van der Waals surface area (Å²) in [5, 5.41) is 15.1. The summed E-state index contributed by atoms with van der Waals surface area (Å²) >= 11 is 0. The van der Waals surface area contributed by atoms with Crippen LogP contribution in [0.1, 0.15) is 18.4 Å². The van der Waals surface area contributed by atoms with Crippen molar-refractivity contribution < 1.29 is 28.2 Å². The first-order valence-corrected chi connectivity index (χ1v) is 8.37. The molecule has 1 amide bonds. The van der Waals surface area contributed by atoms with E-state index in [1.54, 1.807) is 0 Å². The zero-order valence-electron chi connectivity index (χ0n) is 14.1. The summed E-state index contributed by atoms with van der Waals surface area (Å²) in [6.07, 6.45) is 2.83. The molecular formula is C17H21F2N3O4. The van der Waals surface area contributed by atoms with Crippen molar-refractivity contribution in [2.75, 3.05) is 31.7 Å². The Hall–Kier alpha value is -2.39. The second-order valence-corrected chi connectivity index (χ2v) is 6.24. The van der Waals surface area contributed by atoms with Crippen LogP contribution in [0, 0.1) is 11.6 Å². The summed E-state index contributed by atoms with van der Waals surface area (Å²) < 4.78 is 36.6. The minimum Gasteiger partial charge on any atom is -0.459 e. The predicted molar refractivity (Wildman–Crippen MR) is 88.6 cm³/mol. The lowest BCUT2D eigenvalue weighted by Crippen LogP contribution is -2.44. The Bertz CT molecular complexity index is 691. The van der Waals surface area contributed by atoms with E-state index in [0.717, 1.165) is 25.0 Å². The van der Waals surface area contributed by atoms with E-state index >= 15 is 0 Å². The van der Waals surface area contributed by atoms with Crippen LogP contribution in [0.2, 0.25) is 0 Å². The number of benzene rings is 1. The molecule has 2 heterocycles. The van der Waals surface area contributed by atoms with E-state index in [-0.39, 0.29) is 31.9 Å². The molecular weight excluding hydrogens is 348 g/mol. The van der Waals surface area contributed by atoms with Crippen LogP contribution in [0.5, 0.6) is 0 Å². The SMILES string of the molecule is O=C(CN1CCC(Nc2cc(F)c(F)cc2CO)CC1)NC1=COCO1. The van der Waals surface area contributed by atoms with E-state index in [4.69, 9.17) is 9.47 Å². The van der Waals surface area contributed by atoms with Crippen molar-refractivity contribution in [2.24, 2.45) is 0 Å². The summed E-state index contributed by atoms with van der Waals surface area (Å²) in [6, 6.07) is 2.12. The van der Waals surface area contributed by atoms with E-state index in [1.165, 1.54) is 6.26 Å². The number of hydrogen-bond acceptors (Lipinski definition) is 6. The van der Waals surface area contributed by atoms with Crippen LogP contribution in [0.25, 0.3) is 0 Å². The number of likely N-dealkylation sites (tertiary alicyclic amines) is 1. The lowest BCUT2D eigenvalue weighted by Gasteiger charge is -2.32. The lowest BCUT2D eigenvalue weighted by atomic mass is 10.0. The summed E-state index contributed by atoms with van der Waals surface area (Å²) in [6.45, 7) is 1.33. The number of carbonyl (C=O) groups is 1. The molecule has 9 heteroatoms. The molecule has 0 aromatic heterocycles. The minimum absolute atomic E-state index is 0.0544. The number of carbonyl (C=O) groups excluding carboxylic acids is 1. The zero-order chi connectivity index (χ0) is 18.5. The second-order valence-electron chi connectivity index (χ2n) is 6.24. The molecule has 2 aliphatic rings. The summed E-state index contributed by atoms with van der Waals surface area (Å²) in [7, 11) is 0. The molecule has 3 N–H and O–H groups in total. The van der Waals surface area contributed by atoms with Gasteiger partial charge in [-0.1, -0.05) is 0 Å². The fraction of sp³-hybridized carbons (Fsp3) is 0.471. The van der Waals surface area contributed by atoms with Crippen molar-refractivity contribution in [3.63, 3.8) is 0 Å². The van der Waals surface area contributed by atoms with Crippen LogP contribution in [0.4, 0.5) is 14.5 Å². The molecule has 1 fully saturated rings. The fourth-order valence-corrected chi connectivity index (χ4v) is 3.00. The van der Waals surface area contributed by atoms with Crippen LogP contribution in [0.15, 0.2) is 24.3 Å². The van der Waals surface area contributed by atoms with Gasteiger partial charge in [0.25, 0.3) is 0 Å². The van der Waals surface area contributed by atoms with Crippen LogP contribution < -0.4 is 10.6 Å². The zero-order valence-corrected chi connectivity index (χ0v) is 14.1. The fourth-order valence-electron chi connectivity index (χ4n) is 3.00. The van der Waals surface area contributed by atoms with E-state index in [2.05, 4.69) is 10.6 Å². The molecule has 1 aromatic carbocycles. The van der Waals surface area contributed by atoms with E-state index < -0.39 is 11.6 Å². The van der Waals surface area contributed by atoms with Crippen LogP contribution in [-0.2, 0) is 20.9 Å². The van der Waals surface area contributed by atoms with Crippen LogP contribution in [-0.4, -0.2) is 48.4 Å². The minimum atomic E-state index is -0.979. The van der Waals surface area contributed by atoms with Gasteiger partial charge in [0.1, 0.15) is 6.26 Å². The van der Waals surface area contributed by atoms with Crippen molar-refractivity contribution in [2.45, 2.75) is 25.5 Å². The third-order valence-corrected chi connectivity index (χ3v) is 4.37. The number of aliphatic hydroxyl groups excluding tert-OH is 1. The molecule has 2 aliphatic heterocycles. The van der Waals surface area contributed by atoms with Gasteiger partial charge in [-0.25, -0.2) is 8.78 Å². The van der Waals surface area contributed by atoms with Crippen LogP contribution in [0.3, 0.4) is 0 Å². The average molecular weight is 369 g/mol. The topological polar surface area (TPSA) is 83.1 Å². The number of anilines is 1. The molecule has 0 aliphatic carbocycles. The van der Waals surface area contributed by atoms with E-state index in [1.807, 2.05) is 4.90 Å². The first kappa shape index (κ1) is 18.4. The number of piperidine rings is 1. The maximum absolute atomic E-state index is 13.4. The average Bonchev–Trinajstić information content (AvgIpc) is 3.12. The quantitative estimate of drug-likeness (QED) is 0.700. The Labute approximate surface area is 149 Å². The van der Waals surface area contributed by atoms with Crippen molar-refractivity contribution in [1.82, 2.24) is 10.2 Å². The largest absolute Gasteiger partial charge is 0.459 e. The molecule has 7 nitrogen and oxygen atoms in total. The first-order valence-electron chi connectivity index (χ1n) is 8.37. The van der Waals surface area contributed by atoms with Crippen molar-refractivity contribution in [3.05, 3.63) is 41.5 Å². The summed E-state index contributed by atoms with van der Waals surface area (Å²) in [4.78, 5) is 13.9. The third kappa shape index (κ3) is 4.61. The number of amides is 1. The highest BCUT2D eigenvalue weighted by atomic mass is 19.2. The van der Waals surface area contributed by atoms with Gasteiger partial charge >= 0.3 is 0 Å². The molecule has 0 spiro atoms. The normalized spacial score (nSPS) is 18.0. The van der Waals surface area contributed by atoms with E-state index in [0.29, 0.717) is 30.2 Å². The van der Waals surface area contributed by atoms with Crippen molar-refractivity contribution in [1.29, 1.82) is 0 Å². The second kappa shape index (κ2) is 8.33. The van der Waals surface area contributed by atoms with Gasteiger partial charge in [0, 0.05) is 36.4 Å². The summed E-state index contributed by atoms with van der Waals surface area (Å²) in [5.41, 5.74) is 0.714. The molecule has 26 heavy (non-hydrogen) atoms. The highest BCUT2D eigenvalue weighted by molar-refractivity contribution is 5.79. The number of aliphatic hydroxyl groups is 1. The molecule has 1 saturated heterocycles. The van der Waals surface area contributed by atoms with Gasteiger partial charge in [-0.15, -0.1) is 0 Å². The smallest absolute Gasteiger partial charge is 0.240 e.